The zero-order chi connectivity index (χ0) is 59.9. The molecule has 0 spiro atoms. The highest BCUT2D eigenvalue weighted by Crippen LogP contribution is 2.20. The summed E-state index contributed by atoms with van der Waals surface area (Å²) >= 11 is 0. The Kier molecular flexibility index (Phi) is 71.5. The van der Waals surface area contributed by atoms with Gasteiger partial charge < -0.3 is 14.2 Å². The van der Waals surface area contributed by atoms with E-state index in [2.05, 4.69) is 20.8 Å². The van der Waals surface area contributed by atoms with Gasteiger partial charge in [-0.25, -0.2) is 0 Å². The molecular weight excluding hydrogens is 1020 g/mol. The molecule has 0 rings (SSSR count). The zero-order valence-corrected chi connectivity index (χ0v) is 57.0. The van der Waals surface area contributed by atoms with E-state index in [0.29, 0.717) is 19.3 Å². The summed E-state index contributed by atoms with van der Waals surface area (Å²) < 4.78 is 17.0. The van der Waals surface area contributed by atoms with Crippen LogP contribution >= 0.6 is 0 Å². The maximum Gasteiger partial charge on any atom is 0.306 e. The Morgan fingerprint density at radius 3 is 0.482 bits per heavy atom. The second-order valence-corrected chi connectivity index (χ2v) is 26.6. The monoisotopic (exact) mass is 1170 g/mol. The summed E-state index contributed by atoms with van der Waals surface area (Å²) in [5, 5.41) is 0. The van der Waals surface area contributed by atoms with E-state index in [1.807, 2.05) is 0 Å². The molecule has 1 atom stereocenters. The van der Waals surface area contributed by atoms with Crippen LogP contribution in [-0.4, -0.2) is 37.2 Å². The summed E-state index contributed by atoms with van der Waals surface area (Å²) in [7, 11) is 0. The predicted octanol–water partition coefficient (Wildman–Crippen LogP) is 26.6. The topological polar surface area (TPSA) is 78.9 Å². The van der Waals surface area contributed by atoms with Crippen molar-refractivity contribution in [2.45, 2.75) is 463 Å². The molecule has 0 radical (unpaired) electrons. The van der Waals surface area contributed by atoms with Crippen molar-refractivity contribution in [3.05, 3.63) is 0 Å². The van der Waals surface area contributed by atoms with Gasteiger partial charge in [0.05, 0.1) is 0 Å². The van der Waals surface area contributed by atoms with Gasteiger partial charge in [-0.1, -0.05) is 419 Å². The number of ether oxygens (including phenoxy) is 3. The van der Waals surface area contributed by atoms with Crippen LogP contribution in [-0.2, 0) is 28.6 Å². The molecule has 494 valence electrons. The Morgan fingerprint density at radius 1 is 0.193 bits per heavy atom. The average Bonchev–Trinajstić information content (AvgIpc) is 3.49. The van der Waals surface area contributed by atoms with E-state index in [9.17, 15) is 14.4 Å². The van der Waals surface area contributed by atoms with Crippen LogP contribution in [0.15, 0.2) is 0 Å². The number of hydrogen-bond donors (Lipinski definition) is 0. The summed E-state index contributed by atoms with van der Waals surface area (Å²) in [5.41, 5.74) is 0. The predicted molar refractivity (Wildman–Crippen MR) is 363 cm³/mol. The van der Waals surface area contributed by atoms with Gasteiger partial charge in [0.15, 0.2) is 6.10 Å². The fraction of sp³-hybridized carbons (Fsp3) is 0.961. The molecule has 0 amide bonds. The Hall–Kier alpha value is -1.59. The van der Waals surface area contributed by atoms with E-state index in [1.54, 1.807) is 0 Å². The van der Waals surface area contributed by atoms with E-state index >= 15 is 0 Å². The fourth-order valence-corrected chi connectivity index (χ4v) is 12.3. The minimum absolute atomic E-state index is 0.0600. The van der Waals surface area contributed by atoms with Crippen LogP contribution in [0.3, 0.4) is 0 Å². The van der Waals surface area contributed by atoms with Crippen molar-refractivity contribution in [3.8, 4) is 0 Å². The molecule has 0 heterocycles. The van der Waals surface area contributed by atoms with Crippen molar-refractivity contribution in [1.82, 2.24) is 0 Å². The van der Waals surface area contributed by atoms with Gasteiger partial charge in [-0.05, 0) is 19.3 Å². The maximum atomic E-state index is 13.0. The summed E-state index contributed by atoms with van der Waals surface area (Å²) in [6.07, 6.45) is 87.4. The second-order valence-electron chi connectivity index (χ2n) is 26.6. The molecule has 1 unspecified atom stereocenters. The lowest BCUT2D eigenvalue weighted by Gasteiger charge is -2.18. The molecule has 0 fully saturated rings. The van der Waals surface area contributed by atoms with E-state index in [1.165, 1.54) is 360 Å². The van der Waals surface area contributed by atoms with Gasteiger partial charge in [-0.3, -0.25) is 14.4 Å². The van der Waals surface area contributed by atoms with Crippen LogP contribution in [0.1, 0.15) is 457 Å². The highest BCUT2D eigenvalue weighted by molar-refractivity contribution is 5.71. The minimum Gasteiger partial charge on any atom is -0.462 e. The zero-order valence-electron chi connectivity index (χ0n) is 57.0. The van der Waals surface area contributed by atoms with Crippen LogP contribution in [0, 0.1) is 0 Å². The molecule has 0 bridgehead atoms. The number of hydrogen-bond acceptors (Lipinski definition) is 6. The van der Waals surface area contributed by atoms with Crippen molar-refractivity contribution in [2.24, 2.45) is 0 Å². The van der Waals surface area contributed by atoms with Gasteiger partial charge in [0.25, 0.3) is 0 Å². The Labute approximate surface area is 520 Å². The van der Waals surface area contributed by atoms with Gasteiger partial charge in [-0.15, -0.1) is 0 Å². The van der Waals surface area contributed by atoms with Gasteiger partial charge in [0.1, 0.15) is 13.2 Å². The van der Waals surface area contributed by atoms with Gasteiger partial charge in [0.2, 0.25) is 0 Å². The largest absolute Gasteiger partial charge is 0.462 e. The molecular formula is C77H150O6. The van der Waals surface area contributed by atoms with E-state index in [-0.39, 0.29) is 31.1 Å². The number of rotatable bonds is 73. The van der Waals surface area contributed by atoms with Gasteiger partial charge >= 0.3 is 17.9 Å². The summed E-state index contributed by atoms with van der Waals surface area (Å²) in [6, 6.07) is 0. The third-order valence-electron chi connectivity index (χ3n) is 18.1. The van der Waals surface area contributed by atoms with Crippen LogP contribution in [0.2, 0.25) is 0 Å². The van der Waals surface area contributed by atoms with Crippen molar-refractivity contribution in [1.29, 1.82) is 0 Å². The van der Waals surface area contributed by atoms with Gasteiger partial charge in [0, 0.05) is 19.3 Å². The Balaban J connectivity index is 4.10. The molecule has 0 saturated heterocycles. The van der Waals surface area contributed by atoms with E-state index in [0.717, 1.165) is 57.8 Å². The summed E-state index contributed by atoms with van der Waals surface area (Å²) in [5.74, 6) is -0.817. The second kappa shape index (κ2) is 72.9. The maximum absolute atomic E-state index is 13.0. The molecule has 0 aromatic rings. The normalized spacial score (nSPS) is 11.9. The SMILES string of the molecule is CCCCCCCCCCCCCCCCCCCCCCCCCCCCCCCCCCC(=O)OCC(COC(=O)CCCCCCCCCCCCCCCC)OC(=O)CCCCCCCCCCCCCCCCCCCCC. The average molecular weight is 1170 g/mol. The number of carbonyl (C=O) groups excluding carboxylic acids is 3. The molecule has 0 N–H and O–H groups in total. The van der Waals surface area contributed by atoms with Crippen molar-refractivity contribution in [2.75, 3.05) is 13.2 Å². The highest BCUT2D eigenvalue weighted by atomic mass is 16.6. The molecule has 0 aliphatic heterocycles. The van der Waals surface area contributed by atoms with Crippen molar-refractivity contribution >= 4 is 17.9 Å². The lowest BCUT2D eigenvalue weighted by molar-refractivity contribution is -0.167. The van der Waals surface area contributed by atoms with E-state index < -0.39 is 6.10 Å². The standard InChI is InChI=1S/C77H150O6/c1-4-7-10-13-16-19-22-25-28-30-32-33-34-35-36-37-38-39-40-41-42-43-44-46-47-49-52-55-58-61-64-67-70-76(79)82-73-74(72-81-75(78)69-66-63-60-57-54-51-27-24-21-18-15-12-9-6-3)83-77(80)71-68-65-62-59-56-53-50-48-45-31-29-26-23-20-17-14-11-8-5-2/h74H,4-73H2,1-3H3. The van der Waals surface area contributed by atoms with Crippen LogP contribution in [0.5, 0.6) is 0 Å². The lowest BCUT2D eigenvalue weighted by Crippen LogP contribution is -2.30. The first-order valence-electron chi connectivity index (χ1n) is 38.5. The lowest BCUT2D eigenvalue weighted by atomic mass is 10.0. The van der Waals surface area contributed by atoms with E-state index in [4.69, 9.17) is 14.2 Å². The molecule has 6 heteroatoms. The molecule has 0 aromatic carbocycles. The number of esters is 3. The Bertz CT molecular complexity index is 1250. The van der Waals surface area contributed by atoms with Crippen molar-refractivity contribution in [3.63, 3.8) is 0 Å². The molecule has 0 aliphatic carbocycles. The fourth-order valence-electron chi connectivity index (χ4n) is 12.3. The highest BCUT2D eigenvalue weighted by Gasteiger charge is 2.20. The number of carbonyl (C=O) groups is 3. The summed E-state index contributed by atoms with van der Waals surface area (Å²) in [6.45, 7) is 6.75. The molecule has 0 saturated carbocycles. The van der Waals surface area contributed by atoms with Crippen LogP contribution in [0.25, 0.3) is 0 Å². The minimum atomic E-state index is -0.764. The number of unbranched alkanes of at least 4 members (excludes halogenated alkanes) is 62. The molecule has 83 heavy (non-hydrogen) atoms. The summed E-state index contributed by atoms with van der Waals surface area (Å²) in [4.78, 5) is 38.5. The first-order chi connectivity index (χ1) is 41.0. The Morgan fingerprint density at radius 2 is 0.325 bits per heavy atom. The van der Waals surface area contributed by atoms with Crippen LogP contribution < -0.4 is 0 Å². The van der Waals surface area contributed by atoms with Gasteiger partial charge in [-0.2, -0.15) is 0 Å². The molecule has 6 nitrogen and oxygen atoms in total. The third kappa shape index (κ3) is 71.1. The third-order valence-corrected chi connectivity index (χ3v) is 18.1. The quantitative estimate of drug-likeness (QED) is 0.0343. The molecule has 0 aromatic heterocycles. The van der Waals surface area contributed by atoms with Crippen LogP contribution in [0.4, 0.5) is 0 Å². The first kappa shape index (κ1) is 81.4. The van der Waals surface area contributed by atoms with Crippen molar-refractivity contribution < 1.29 is 28.6 Å². The molecule has 0 aliphatic rings. The first-order valence-corrected chi connectivity index (χ1v) is 38.5. The smallest absolute Gasteiger partial charge is 0.306 e.